The van der Waals surface area contributed by atoms with Crippen LogP contribution in [0.25, 0.3) is 0 Å². The molecule has 2 nitrogen and oxygen atoms in total. The lowest BCUT2D eigenvalue weighted by Gasteiger charge is -2.12. The van der Waals surface area contributed by atoms with Gasteiger partial charge in [0.2, 0.25) is 0 Å². The van der Waals surface area contributed by atoms with Crippen molar-refractivity contribution >= 4 is 0 Å². The molecule has 0 radical (unpaired) electrons. The largest absolute Gasteiger partial charge is 0.508 e. The standard InChI is InChI=1S/C11H17NO/c1-3-8-5-6-11(13)9(7-8)10(12)4-2/h5-7,10,13H,3-4,12H2,1-2H3/t10-/m1/s1. The van der Waals surface area contributed by atoms with Crippen LogP contribution >= 0.6 is 0 Å². The van der Waals surface area contributed by atoms with Crippen molar-refractivity contribution in [1.29, 1.82) is 0 Å². The molecule has 0 unspecified atom stereocenters. The van der Waals surface area contributed by atoms with E-state index in [0.717, 1.165) is 18.4 Å². The molecule has 0 saturated carbocycles. The van der Waals surface area contributed by atoms with Crippen LogP contribution in [0.5, 0.6) is 5.75 Å². The summed E-state index contributed by atoms with van der Waals surface area (Å²) in [5.74, 6) is 0.312. The zero-order chi connectivity index (χ0) is 9.84. The van der Waals surface area contributed by atoms with Gasteiger partial charge in [0.25, 0.3) is 0 Å². The second kappa shape index (κ2) is 4.28. The number of aromatic hydroxyl groups is 1. The van der Waals surface area contributed by atoms with Gasteiger partial charge < -0.3 is 10.8 Å². The van der Waals surface area contributed by atoms with E-state index >= 15 is 0 Å². The highest BCUT2D eigenvalue weighted by atomic mass is 16.3. The molecular weight excluding hydrogens is 162 g/mol. The van der Waals surface area contributed by atoms with Crippen LogP contribution in [0.4, 0.5) is 0 Å². The minimum Gasteiger partial charge on any atom is -0.508 e. The first kappa shape index (κ1) is 10.1. The summed E-state index contributed by atoms with van der Waals surface area (Å²) in [6, 6.07) is 5.60. The van der Waals surface area contributed by atoms with Crippen LogP contribution < -0.4 is 5.73 Å². The second-order valence-corrected chi connectivity index (χ2v) is 3.26. The number of phenols is 1. The van der Waals surface area contributed by atoms with E-state index in [4.69, 9.17) is 5.73 Å². The van der Waals surface area contributed by atoms with E-state index in [1.165, 1.54) is 5.56 Å². The van der Waals surface area contributed by atoms with Gasteiger partial charge in [0.05, 0.1) is 0 Å². The van der Waals surface area contributed by atoms with Gasteiger partial charge in [-0.25, -0.2) is 0 Å². The number of nitrogens with two attached hydrogens (primary N) is 1. The van der Waals surface area contributed by atoms with Crippen LogP contribution in [0.2, 0.25) is 0 Å². The van der Waals surface area contributed by atoms with Crippen LogP contribution in [0.3, 0.4) is 0 Å². The molecule has 1 aromatic rings. The second-order valence-electron chi connectivity index (χ2n) is 3.26. The summed E-state index contributed by atoms with van der Waals surface area (Å²) in [5, 5.41) is 9.55. The number of hydrogen-bond donors (Lipinski definition) is 2. The van der Waals surface area contributed by atoms with Crippen molar-refractivity contribution in [2.45, 2.75) is 32.7 Å². The van der Waals surface area contributed by atoms with Crippen LogP contribution in [-0.4, -0.2) is 5.11 Å². The van der Waals surface area contributed by atoms with E-state index in [0.29, 0.717) is 5.75 Å². The van der Waals surface area contributed by atoms with Crippen LogP contribution in [0.1, 0.15) is 37.4 Å². The van der Waals surface area contributed by atoms with Gasteiger partial charge in [-0.15, -0.1) is 0 Å². The average Bonchev–Trinajstić information content (AvgIpc) is 2.17. The smallest absolute Gasteiger partial charge is 0.120 e. The van der Waals surface area contributed by atoms with Crippen molar-refractivity contribution in [3.05, 3.63) is 29.3 Å². The predicted octanol–water partition coefficient (Wildman–Crippen LogP) is 2.36. The van der Waals surface area contributed by atoms with Gasteiger partial charge in [-0.1, -0.05) is 26.0 Å². The molecule has 3 N–H and O–H groups in total. The van der Waals surface area contributed by atoms with Gasteiger partial charge >= 0.3 is 0 Å². The molecule has 0 aliphatic rings. The molecule has 0 bridgehead atoms. The average molecular weight is 179 g/mol. The van der Waals surface area contributed by atoms with Crippen molar-refractivity contribution in [2.75, 3.05) is 0 Å². The Bertz CT molecular complexity index is 283. The van der Waals surface area contributed by atoms with Gasteiger partial charge in [0, 0.05) is 11.6 Å². The summed E-state index contributed by atoms with van der Waals surface area (Å²) in [6.45, 7) is 4.11. The van der Waals surface area contributed by atoms with Crippen molar-refractivity contribution < 1.29 is 5.11 Å². The van der Waals surface area contributed by atoms with E-state index in [2.05, 4.69) is 6.92 Å². The zero-order valence-corrected chi connectivity index (χ0v) is 8.25. The molecule has 0 amide bonds. The fourth-order valence-electron chi connectivity index (χ4n) is 1.34. The van der Waals surface area contributed by atoms with E-state index < -0.39 is 0 Å². The maximum Gasteiger partial charge on any atom is 0.120 e. The summed E-state index contributed by atoms with van der Waals surface area (Å²) < 4.78 is 0. The lowest BCUT2D eigenvalue weighted by Crippen LogP contribution is -2.09. The SMILES string of the molecule is CCc1ccc(O)c([C@H](N)CC)c1. The molecule has 0 aromatic heterocycles. The molecular formula is C11H17NO. The third-order valence-electron chi connectivity index (χ3n) is 2.34. The van der Waals surface area contributed by atoms with Crippen molar-refractivity contribution in [2.24, 2.45) is 5.73 Å². The quantitative estimate of drug-likeness (QED) is 0.748. The number of benzene rings is 1. The van der Waals surface area contributed by atoms with Gasteiger partial charge in [0.1, 0.15) is 5.75 Å². The minimum absolute atomic E-state index is 0.0495. The lowest BCUT2D eigenvalue weighted by molar-refractivity contribution is 0.460. The summed E-state index contributed by atoms with van der Waals surface area (Å²) >= 11 is 0. The lowest BCUT2D eigenvalue weighted by atomic mass is 10.0. The Kier molecular flexibility index (Phi) is 3.32. The van der Waals surface area contributed by atoms with Gasteiger partial charge in [-0.05, 0) is 24.5 Å². The topological polar surface area (TPSA) is 46.2 Å². The van der Waals surface area contributed by atoms with Crippen LogP contribution in [0, 0.1) is 0 Å². The molecule has 0 saturated heterocycles. The van der Waals surface area contributed by atoms with E-state index in [-0.39, 0.29) is 6.04 Å². The molecule has 0 aliphatic heterocycles. The maximum atomic E-state index is 9.55. The van der Waals surface area contributed by atoms with Crippen molar-refractivity contribution in [1.82, 2.24) is 0 Å². The Morgan fingerprint density at radius 3 is 2.62 bits per heavy atom. The van der Waals surface area contributed by atoms with E-state index in [9.17, 15) is 5.11 Å². The van der Waals surface area contributed by atoms with Crippen molar-refractivity contribution in [3.8, 4) is 5.75 Å². The van der Waals surface area contributed by atoms with Gasteiger partial charge in [0.15, 0.2) is 0 Å². The van der Waals surface area contributed by atoms with Gasteiger partial charge in [-0.2, -0.15) is 0 Å². The Labute approximate surface area is 79.4 Å². The number of hydrogen-bond acceptors (Lipinski definition) is 2. The number of aryl methyl sites for hydroxylation is 1. The van der Waals surface area contributed by atoms with E-state index in [1.54, 1.807) is 6.07 Å². The predicted molar refractivity (Wildman–Crippen MR) is 54.7 cm³/mol. The highest BCUT2D eigenvalue weighted by Gasteiger charge is 2.08. The molecule has 1 rings (SSSR count). The highest BCUT2D eigenvalue weighted by molar-refractivity contribution is 5.38. The minimum atomic E-state index is -0.0495. The summed E-state index contributed by atoms with van der Waals surface area (Å²) in [7, 11) is 0. The molecule has 0 aliphatic carbocycles. The number of phenolic OH excluding ortho intramolecular Hbond substituents is 1. The van der Waals surface area contributed by atoms with Crippen molar-refractivity contribution in [3.63, 3.8) is 0 Å². The Hall–Kier alpha value is -1.02. The third-order valence-corrected chi connectivity index (χ3v) is 2.34. The first-order valence-electron chi connectivity index (χ1n) is 4.76. The summed E-state index contributed by atoms with van der Waals surface area (Å²) in [6.07, 6.45) is 1.82. The monoisotopic (exact) mass is 179 g/mol. The molecule has 1 aromatic carbocycles. The Balaban J connectivity index is 3.03. The normalized spacial score (nSPS) is 12.8. The summed E-state index contributed by atoms with van der Waals surface area (Å²) in [4.78, 5) is 0. The van der Waals surface area contributed by atoms with Crippen LogP contribution in [-0.2, 0) is 6.42 Å². The molecule has 0 fully saturated rings. The van der Waals surface area contributed by atoms with E-state index in [1.807, 2.05) is 19.1 Å². The molecule has 0 spiro atoms. The first-order valence-corrected chi connectivity index (χ1v) is 4.76. The maximum absolute atomic E-state index is 9.55. The fraction of sp³-hybridized carbons (Fsp3) is 0.455. The zero-order valence-electron chi connectivity index (χ0n) is 8.25. The van der Waals surface area contributed by atoms with Gasteiger partial charge in [-0.3, -0.25) is 0 Å². The molecule has 0 heterocycles. The molecule has 72 valence electrons. The fourth-order valence-corrected chi connectivity index (χ4v) is 1.34. The molecule has 1 atom stereocenters. The third kappa shape index (κ3) is 2.22. The molecule has 13 heavy (non-hydrogen) atoms. The Morgan fingerprint density at radius 1 is 1.38 bits per heavy atom. The highest BCUT2D eigenvalue weighted by Crippen LogP contribution is 2.25. The van der Waals surface area contributed by atoms with Crippen LogP contribution in [0.15, 0.2) is 18.2 Å². The molecule has 2 heteroatoms. The summed E-state index contributed by atoms with van der Waals surface area (Å²) in [5.41, 5.74) is 7.94. The Morgan fingerprint density at radius 2 is 2.08 bits per heavy atom. The first-order chi connectivity index (χ1) is 6.19. The number of rotatable bonds is 3.